The third kappa shape index (κ3) is 3.45. The Balaban J connectivity index is 3.59. The summed E-state index contributed by atoms with van der Waals surface area (Å²) in [5.41, 5.74) is -0.147. The highest BCUT2D eigenvalue weighted by Gasteiger charge is 2.24. The van der Waals surface area contributed by atoms with Gasteiger partial charge in [-0.2, -0.15) is 14.0 Å². The topological polar surface area (TPSA) is 67.2 Å². The Bertz CT molecular complexity index is 599. The smallest absolute Gasteiger partial charge is 0.387 e. The zero-order valence-corrected chi connectivity index (χ0v) is 10.9. The van der Waals surface area contributed by atoms with E-state index < -0.39 is 26.3 Å². The van der Waals surface area contributed by atoms with Crippen molar-refractivity contribution in [1.82, 2.24) is 0 Å². The maximum Gasteiger partial charge on any atom is 0.387 e. The molecule has 0 fully saturated rings. The molecule has 0 N–H and O–H groups in total. The molecule has 4 nitrogen and oxygen atoms in total. The lowest BCUT2D eigenvalue weighted by Gasteiger charge is -2.12. The first-order valence-corrected chi connectivity index (χ1v) is 7.16. The van der Waals surface area contributed by atoms with Crippen molar-refractivity contribution in [2.45, 2.75) is 17.4 Å². The monoisotopic (exact) mass is 315 g/mol. The largest absolute Gasteiger partial charge is 0.433 e. The van der Waals surface area contributed by atoms with Crippen molar-refractivity contribution in [2.24, 2.45) is 0 Å². The number of nitriles is 1. The van der Waals surface area contributed by atoms with Crippen molar-refractivity contribution in [3.8, 4) is 11.8 Å². The highest BCUT2D eigenvalue weighted by molar-refractivity contribution is 8.13. The fraction of sp³-hybridized carbons (Fsp3) is 0.222. The molecule has 98 valence electrons. The summed E-state index contributed by atoms with van der Waals surface area (Å²) in [5.74, 6) is -1.02. The molecule has 18 heavy (non-hydrogen) atoms. The lowest BCUT2D eigenvalue weighted by Crippen LogP contribution is -2.08. The first-order valence-electron chi connectivity index (χ1n) is 4.32. The number of ether oxygens (including phenoxy) is 1. The summed E-state index contributed by atoms with van der Waals surface area (Å²) in [6.07, 6.45) is 0. The molecule has 1 rings (SSSR count). The maximum atomic E-state index is 12.2. The van der Waals surface area contributed by atoms with Crippen LogP contribution in [0.2, 0.25) is 0 Å². The molecule has 0 bridgehead atoms. The lowest BCUT2D eigenvalue weighted by atomic mass is 10.1. The van der Waals surface area contributed by atoms with Gasteiger partial charge >= 0.3 is 6.61 Å². The second-order valence-electron chi connectivity index (χ2n) is 3.02. The van der Waals surface area contributed by atoms with Gasteiger partial charge < -0.3 is 4.74 Å². The van der Waals surface area contributed by atoms with Crippen molar-refractivity contribution in [3.05, 3.63) is 23.3 Å². The van der Waals surface area contributed by atoms with Gasteiger partial charge in [-0.25, -0.2) is 8.42 Å². The van der Waals surface area contributed by atoms with E-state index in [1.54, 1.807) is 6.07 Å². The molecule has 1 aromatic carbocycles. The van der Waals surface area contributed by atoms with Crippen LogP contribution < -0.4 is 4.74 Å². The molecular formula is C9H5Cl2F2NO3S. The highest BCUT2D eigenvalue weighted by Crippen LogP contribution is 2.33. The molecule has 0 atom stereocenters. The Kier molecular flexibility index (Phi) is 4.73. The molecule has 9 heteroatoms. The molecule has 0 saturated carbocycles. The number of hydrogen-bond acceptors (Lipinski definition) is 4. The van der Waals surface area contributed by atoms with E-state index in [1.165, 1.54) is 0 Å². The van der Waals surface area contributed by atoms with Gasteiger partial charge in [0.05, 0.1) is 11.6 Å². The minimum absolute atomic E-state index is 0.0645. The van der Waals surface area contributed by atoms with E-state index in [0.29, 0.717) is 0 Å². The van der Waals surface area contributed by atoms with Crippen LogP contribution in [0, 0.1) is 11.3 Å². The van der Waals surface area contributed by atoms with Crippen LogP contribution in [0.3, 0.4) is 0 Å². The van der Waals surface area contributed by atoms with Crippen LogP contribution in [0.5, 0.6) is 5.75 Å². The third-order valence-electron chi connectivity index (χ3n) is 1.86. The standard InChI is InChI=1S/C9H5Cl2F2NO3S/c10-3-6-1-5(4-14)2-7(17-9(12)13)8(6)18(11,15)16/h1-2,9H,3H2. The predicted octanol–water partition coefficient (Wildman–Crippen LogP) is 2.83. The van der Waals surface area contributed by atoms with Crippen LogP contribution >= 0.6 is 22.3 Å². The Morgan fingerprint density at radius 3 is 2.44 bits per heavy atom. The van der Waals surface area contributed by atoms with Crippen LogP contribution in [0.4, 0.5) is 8.78 Å². The summed E-state index contributed by atoms with van der Waals surface area (Å²) in [5, 5.41) is 8.69. The number of rotatable bonds is 4. The summed E-state index contributed by atoms with van der Waals surface area (Å²) in [7, 11) is 0.806. The molecule has 0 spiro atoms. The van der Waals surface area contributed by atoms with Gasteiger partial charge in [-0.15, -0.1) is 11.6 Å². The van der Waals surface area contributed by atoms with Gasteiger partial charge in [0, 0.05) is 16.6 Å². The van der Waals surface area contributed by atoms with Gasteiger partial charge in [0.1, 0.15) is 10.6 Å². The van der Waals surface area contributed by atoms with E-state index in [4.69, 9.17) is 27.5 Å². The average molecular weight is 316 g/mol. The van der Waals surface area contributed by atoms with Gasteiger partial charge in [-0.1, -0.05) is 0 Å². The SMILES string of the molecule is N#Cc1cc(CCl)c(S(=O)(=O)Cl)c(OC(F)F)c1. The Labute approximate surface area is 111 Å². The van der Waals surface area contributed by atoms with E-state index in [1.807, 2.05) is 0 Å². The maximum absolute atomic E-state index is 12.2. The summed E-state index contributed by atoms with van der Waals surface area (Å²) in [6.45, 7) is -3.25. The van der Waals surface area contributed by atoms with Crippen molar-refractivity contribution in [3.63, 3.8) is 0 Å². The van der Waals surface area contributed by atoms with E-state index in [0.717, 1.165) is 12.1 Å². The Hall–Kier alpha value is -1.10. The fourth-order valence-corrected chi connectivity index (χ4v) is 2.89. The number of halogens is 4. The third-order valence-corrected chi connectivity index (χ3v) is 3.57. The van der Waals surface area contributed by atoms with Crippen LogP contribution in [0.25, 0.3) is 0 Å². The number of benzene rings is 1. The van der Waals surface area contributed by atoms with E-state index in [2.05, 4.69) is 4.74 Å². The van der Waals surface area contributed by atoms with Gasteiger partial charge in [0.25, 0.3) is 9.05 Å². The first kappa shape index (κ1) is 15.0. The van der Waals surface area contributed by atoms with E-state index >= 15 is 0 Å². The highest BCUT2D eigenvalue weighted by atomic mass is 35.7. The second kappa shape index (κ2) is 5.69. The Morgan fingerprint density at radius 1 is 1.44 bits per heavy atom. The van der Waals surface area contributed by atoms with Crippen LogP contribution in [-0.2, 0) is 14.9 Å². The van der Waals surface area contributed by atoms with Gasteiger partial charge in [0.2, 0.25) is 0 Å². The lowest BCUT2D eigenvalue weighted by molar-refractivity contribution is -0.0517. The molecule has 0 unspecified atom stereocenters. The molecule has 0 aromatic heterocycles. The van der Waals surface area contributed by atoms with Gasteiger partial charge in [-0.3, -0.25) is 0 Å². The average Bonchev–Trinajstić information content (AvgIpc) is 2.25. The number of hydrogen-bond donors (Lipinski definition) is 0. The van der Waals surface area contributed by atoms with Crippen molar-refractivity contribution < 1.29 is 21.9 Å². The summed E-state index contributed by atoms with van der Waals surface area (Å²) in [6, 6.07) is 3.67. The molecule has 0 radical (unpaired) electrons. The second-order valence-corrected chi connectivity index (χ2v) is 5.79. The fourth-order valence-electron chi connectivity index (χ4n) is 1.28. The van der Waals surface area contributed by atoms with Crippen molar-refractivity contribution in [2.75, 3.05) is 0 Å². The number of alkyl halides is 3. The van der Waals surface area contributed by atoms with Gasteiger partial charge in [0.15, 0.2) is 0 Å². The molecular weight excluding hydrogens is 311 g/mol. The van der Waals surface area contributed by atoms with E-state index in [-0.39, 0.29) is 17.0 Å². The quantitative estimate of drug-likeness (QED) is 0.633. The molecule has 0 heterocycles. The van der Waals surface area contributed by atoms with Crippen molar-refractivity contribution in [1.29, 1.82) is 5.26 Å². The molecule has 0 amide bonds. The number of nitrogens with zero attached hydrogens (tertiary/aromatic N) is 1. The van der Waals surface area contributed by atoms with Crippen LogP contribution in [0.1, 0.15) is 11.1 Å². The molecule has 0 saturated heterocycles. The Morgan fingerprint density at radius 2 is 2.06 bits per heavy atom. The van der Waals surface area contributed by atoms with Gasteiger partial charge in [-0.05, 0) is 17.7 Å². The summed E-state index contributed by atoms with van der Waals surface area (Å²) in [4.78, 5) is -0.654. The van der Waals surface area contributed by atoms with Crippen LogP contribution in [-0.4, -0.2) is 15.0 Å². The molecule has 0 aliphatic rings. The summed E-state index contributed by atoms with van der Waals surface area (Å²) < 4.78 is 51.0. The predicted molar refractivity (Wildman–Crippen MR) is 60.4 cm³/mol. The zero-order chi connectivity index (χ0) is 13.9. The zero-order valence-electron chi connectivity index (χ0n) is 8.53. The van der Waals surface area contributed by atoms with E-state index in [9.17, 15) is 17.2 Å². The minimum Gasteiger partial charge on any atom is -0.433 e. The van der Waals surface area contributed by atoms with Crippen molar-refractivity contribution >= 4 is 31.3 Å². The molecule has 0 aliphatic heterocycles. The molecule has 1 aromatic rings. The first-order chi connectivity index (χ1) is 8.29. The normalized spacial score (nSPS) is 11.3. The van der Waals surface area contributed by atoms with Crippen LogP contribution in [0.15, 0.2) is 17.0 Å². The summed E-state index contributed by atoms with van der Waals surface area (Å²) >= 11 is 5.50. The molecule has 0 aliphatic carbocycles. The minimum atomic E-state index is -4.33.